The molecule has 0 atom stereocenters. The van der Waals surface area contributed by atoms with Crippen LogP contribution in [0.4, 0.5) is 4.39 Å². The molecule has 2 aromatic rings. The van der Waals surface area contributed by atoms with E-state index < -0.39 is 17.2 Å². The van der Waals surface area contributed by atoms with Gasteiger partial charge in [-0.1, -0.05) is 36.4 Å². The van der Waals surface area contributed by atoms with E-state index in [0.717, 1.165) is 5.56 Å². The number of carbonyl (C=O) groups excluding carboxylic acids is 1. The van der Waals surface area contributed by atoms with E-state index in [4.69, 9.17) is 0 Å². The minimum atomic E-state index is -0.976. The Morgan fingerprint density at radius 2 is 1.72 bits per heavy atom. The van der Waals surface area contributed by atoms with Gasteiger partial charge in [0.15, 0.2) is 0 Å². The number of halogens is 1. The van der Waals surface area contributed by atoms with Crippen molar-refractivity contribution in [1.29, 1.82) is 0 Å². The van der Waals surface area contributed by atoms with Crippen molar-refractivity contribution in [2.24, 2.45) is 0 Å². The number of amides is 1. The highest BCUT2D eigenvalue weighted by Crippen LogP contribution is 2.36. The van der Waals surface area contributed by atoms with Gasteiger partial charge >= 0.3 is 5.97 Å². The number of aryl methyl sites for hydroxylation is 1. The lowest BCUT2D eigenvalue weighted by molar-refractivity contribution is -0.145. The van der Waals surface area contributed by atoms with Gasteiger partial charge in [0.1, 0.15) is 5.82 Å². The lowest BCUT2D eigenvalue weighted by atomic mass is 9.73. The zero-order valence-electron chi connectivity index (χ0n) is 14.0. The Morgan fingerprint density at radius 1 is 1.08 bits per heavy atom. The van der Waals surface area contributed by atoms with Gasteiger partial charge in [0, 0.05) is 18.7 Å². The standard InChI is InChI=1S/C20H20FNO3/c1-14-7-8-15(13-17(14)21)18(23)22-11-9-20(10-12-22,19(24)25)16-5-3-2-4-6-16/h2-8,13H,9-12H2,1H3,(H,24,25). The van der Waals surface area contributed by atoms with Crippen LogP contribution >= 0.6 is 0 Å². The van der Waals surface area contributed by atoms with E-state index in [0.29, 0.717) is 37.1 Å². The summed E-state index contributed by atoms with van der Waals surface area (Å²) in [5.74, 6) is -1.54. The van der Waals surface area contributed by atoms with Gasteiger partial charge in [-0.3, -0.25) is 9.59 Å². The summed E-state index contributed by atoms with van der Waals surface area (Å²) in [5.41, 5.74) is 0.571. The summed E-state index contributed by atoms with van der Waals surface area (Å²) >= 11 is 0. The van der Waals surface area contributed by atoms with Crippen molar-refractivity contribution in [3.8, 4) is 0 Å². The first-order chi connectivity index (χ1) is 11.9. The molecule has 1 fully saturated rings. The van der Waals surface area contributed by atoms with Crippen LogP contribution in [0.3, 0.4) is 0 Å². The first-order valence-electron chi connectivity index (χ1n) is 8.28. The predicted molar refractivity (Wildman–Crippen MR) is 92.0 cm³/mol. The largest absolute Gasteiger partial charge is 0.481 e. The van der Waals surface area contributed by atoms with Gasteiger partial charge in [-0.15, -0.1) is 0 Å². The van der Waals surface area contributed by atoms with Crippen LogP contribution in [0.1, 0.15) is 34.3 Å². The number of benzene rings is 2. The number of aliphatic carboxylic acids is 1. The number of hydrogen-bond acceptors (Lipinski definition) is 2. The van der Waals surface area contributed by atoms with Gasteiger partial charge in [-0.05, 0) is 43.0 Å². The van der Waals surface area contributed by atoms with E-state index in [1.54, 1.807) is 24.0 Å². The van der Waals surface area contributed by atoms with Gasteiger partial charge in [-0.2, -0.15) is 0 Å². The molecular formula is C20H20FNO3. The zero-order valence-corrected chi connectivity index (χ0v) is 14.0. The highest BCUT2D eigenvalue weighted by Gasteiger charge is 2.43. The van der Waals surface area contributed by atoms with Crippen LogP contribution in [0.25, 0.3) is 0 Å². The number of hydrogen-bond donors (Lipinski definition) is 1. The molecule has 1 saturated heterocycles. The third kappa shape index (κ3) is 3.14. The molecule has 130 valence electrons. The summed E-state index contributed by atoms with van der Waals surface area (Å²) in [4.78, 5) is 26.2. The van der Waals surface area contributed by atoms with Crippen LogP contribution in [0.5, 0.6) is 0 Å². The Hall–Kier alpha value is -2.69. The maximum atomic E-state index is 13.7. The van der Waals surface area contributed by atoms with Gasteiger partial charge in [0.25, 0.3) is 5.91 Å². The fraction of sp³-hybridized carbons (Fsp3) is 0.300. The summed E-state index contributed by atoms with van der Waals surface area (Å²) < 4.78 is 13.7. The van der Waals surface area contributed by atoms with Crippen molar-refractivity contribution >= 4 is 11.9 Å². The fourth-order valence-electron chi connectivity index (χ4n) is 3.38. The SMILES string of the molecule is Cc1ccc(C(=O)N2CCC(C(=O)O)(c3ccccc3)CC2)cc1F. The van der Waals surface area contributed by atoms with E-state index in [9.17, 15) is 19.1 Å². The second-order valence-corrected chi connectivity index (χ2v) is 6.51. The highest BCUT2D eigenvalue weighted by molar-refractivity contribution is 5.94. The van der Waals surface area contributed by atoms with Crippen LogP contribution < -0.4 is 0 Å². The Balaban J connectivity index is 1.79. The second kappa shape index (κ2) is 6.67. The van der Waals surface area contributed by atoms with Crippen LogP contribution in [-0.2, 0) is 10.2 Å². The average molecular weight is 341 g/mol. The van der Waals surface area contributed by atoms with E-state index in [2.05, 4.69) is 0 Å². The molecular weight excluding hydrogens is 321 g/mol. The minimum absolute atomic E-state index is 0.258. The zero-order chi connectivity index (χ0) is 18.0. The molecule has 0 radical (unpaired) electrons. The third-order valence-corrected chi connectivity index (χ3v) is 5.06. The molecule has 0 aromatic heterocycles. The number of piperidine rings is 1. The van der Waals surface area contributed by atoms with Crippen molar-refractivity contribution in [2.45, 2.75) is 25.2 Å². The second-order valence-electron chi connectivity index (χ2n) is 6.51. The Kier molecular flexibility index (Phi) is 4.57. The number of rotatable bonds is 3. The number of carboxylic acid groups (broad SMARTS) is 1. The normalized spacial score (nSPS) is 16.5. The van der Waals surface area contributed by atoms with Gasteiger partial charge in [-0.25, -0.2) is 4.39 Å². The van der Waals surface area contributed by atoms with Crippen molar-refractivity contribution in [3.63, 3.8) is 0 Å². The smallest absolute Gasteiger partial charge is 0.314 e. The molecule has 1 N–H and O–H groups in total. The molecule has 4 nitrogen and oxygen atoms in total. The lowest BCUT2D eigenvalue weighted by Crippen LogP contribution is -2.49. The summed E-state index contributed by atoms with van der Waals surface area (Å²) in [5, 5.41) is 9.80. The summed E-state index contributed by atoms with van der Waals surface area (Å²) in [6, 6.07) is 13.6. The number of carbonyl (C=O) groups is 2. The molecule has 25 heavy (non-hydrogen) atoms. The van der Waals surface area contributed by atoms with E-state index >= 15 is 0 Å². The molecule has 0 bridgehead atoms. The van der Waals surface area contributed by atoms with Crippen LogP contribution in [0.15, 0.2) is 48.5 Å². The van der Waals surface area contributed by atoms with Crippen molar-refractivity contribution < 1.29 is 19.1 Å². The molecule has 5 heteroatoms. The Labute approximate surface area is 145 Å². The third-order valence-electron chi connectivity index (χ3n) is 5.06. The number of carboxylic acids is 1. The summed E-state index contributed by atoms with van der Waals surface area (Å²) in [6.07, 6.45) is 0.679. The van der Waals surface area contributed by atoms with Crippen LogP contribution in [0, 0.1) is 12.7 Å². The maximum absolute atomic E-state index is 13.7. The van der Waals surface area contributed by atoms with E-state index in [1.807, 2.05) is 30.3 Å². The van der Waals surface area contributed by atoms with E-state index in [-0.39, 0.29) is 5.91 Å². The maximum Gasteiger partial charge on any atom is 0.314 e. The highest BCUT2D eigenvalue weighted by atomic mass is 19.1. The van der Waals surface area contributed by atoms with E-state index in [1.165, 1.54) is 6.07 Å². The van der Waals surface area contributed by atoms with Crippen molar-refractivity contribution in [2.75, 3.05) is 13.1 Å². The summed E-state index contributed by atoms with van der Waals surface area (Å²) in [6.45, 7) is 2.30. The molecule has 0 unspecified atom stereocenters. The molecule has 1 aliphatic heterocycles. The topological polar surface area (TPSA) is 57.6 Å². The fourth-order valence-corrected chi connectivity index (χ4v) is 3.38. The first-order valence-corrected chi connectivity index (χ1v) is 8.28. The van der Waals surface area contributed by atoms with Crippen LogP contribution in [0.2, 0.25) is 0 Å². The predicted octanol–water partition coefficient (Wildman–Crippen LogP) is 3.39. The van der Waals surface area contributed by atoms with Crippen molar-refractivity contribution in [1.82, 2.24) is 4.90 Å². The molecule has 3 rings (SSSR count). The van der Waals surface area contributed by atoms with Crippen LogP contribution in [-0.4, -0.2) is 35.0 Å². The number of likely N-dealkylation sites (tertiary alicyclic amines) is 1. The summed E-state index contributed by atoms with van der Waals surface area (Å²) in [7, 11) is 0. The van der Waals surface area contributed by atoms with Gasteiger partial charge in [0.05, 0.1) is 5.41 Å². The van der Waals surface area contributed by atoms with Gasteiger partial charge < -0.3 is 10.0 Å². The lowest BCUT2D eigenvalue weighted by Gasteiger charge is -2.39. The molecule has 1 amide bonds. The first kappa shape index (κ1) is 17.1. The monoisotopic (exact) mass is 341 g/mol. The Morgan fingerprint density at radius 3 is 2.28 bits per heavy atom. The molecule has 1 aliphatic rings. The molecule has 0 spiro atoms. The van der Waals surface area contributed by atoms with Crippen molar-refractivity contribution in [3.05, 3.63) is 71.0 Å². The van der Waals surface area contributed by atoms with Gasteiger partial charge in [0.2, 0.25) is 0 Å². The quantitative estimate of drug-likeness (QED) is 0.931. The number of nitrogens with zero attached hydrogens (tertiary/aromatic N) is 1. The molecule has 0 aliphatic carbocycles. The molecule has 1 heterocycles. The molecule has 0 saturated carbocycles. The average Bonchev–Trinajstić information content (AvgIpc) is 2.64. The Bertz CT molecular complexity index is 796. The molecule has 2 aromatic carbocycles. The minimum Gasteiger partial charge on any atom is -0.481 e.